The average Bonchev–Trinajstić information content (AvgIpc) is 3.00. The van der Waals surface area contributed by atoms with Gasteiger partial charge >= 0.3 is 0 Å². The second-order valence-electron chi connectivity index (χ2n) is 5.59. The molecule has 5 nitrogen and oxygen atoms in total. The fourth-order valence-electron chi connectivity index (χ4n) is 2.53. The van der Waals surface area contributed by atoms with Gasteiger partial charge in [0.05, 0.1) is 13.1 Å². The molecule has 3 N–H and O–H groups in total. The molecule has 1 atom stereocenters. The summed E-state index contributed by atoms with van der Waals surface area (Å²) in [6.45, 7) is -1.36. The third kappa shape index (κ3) is 4.55. The van der Waals surface area contributed by atoms with Crippen molar-refractivity contribution in [3.05, 3.63) is 33.8 Å². The molecule has 0 radical (unpaired) electrons. The maximum atomic E-state index is 13.2. The molecule has 0 aliphatic carbocycles. The van der Waals surface area contributed by atoms with Crippen LogP contribution < -0.4 is 11.1 Å². The lowest BCUT2D eigenvalue weighted by molar-refractivity contribution is -0.126. The topological polar surface area (TPSA) is 75.4 Å². The number of carbonyl (C=O) groups is 2. The molecule has 1 saturated heterocycles. The minimum absolute atomic E-state index is 0.250. The van der Waals surface area contributed by atoms with Gasteiger partial charge in [-0.15, -0.1) is 0 Å². The van der Waals surface area contributed by atoms with Gasteiger partial charge in [-0.1, -0.05) is 23.2 Å². The lowest BCUT2D eigenvalue weighted by atomic mass is 10.1. The van der Waals surface area contributed by atoms with E-state index in [1.165, 1.54) is 23.1 Å². The van der Waals surface area contributed by atoms with Gasteiger partial charge in [0.25, 0.3) is 11.8 Å². The van der Waals surface area contributed by atoms with Crippen LogP contribution in [0.3, 0.4) is 0 Å². The number of halogens is 4. The van der Waals surface area contributed by atoms with Crippen LogP contribution in [0.2, 0.25) is 10.0 Å². The van der Waals surface area contributed by atoms with Crippen molar-refractivity contribution in [2.45, 2.75) is 24.8 Å². The minimum atomic E-state index is -3.18. The van der Waals surface area contributed by atoms with Crippen LogP contribution in [0, 0.1) is 0 Å². The highest BCUT2D eigenvalue weighted by atomic mass is 35.5. The van der Waals surface area contributed by atoms with Crippen molar-refractivity contribution in [3.63, 3.8) is 0 Å². The van der Waals surface area contributed by atoms with E-state index in [1.54, 1.807) is 0 Å². The van der Waals surface area contributed by atoms with Gasteiger partial charge in [-0.3, -0.25) is 9.59 Å². The Morgan fingerprint density at radius 3 is 2.50 bits per heavy atom. The molecule has 0 bridgehead atoms. The predicted molar refractivity (Wildman–Crippen MR) is 87.5 cm³/mol. The molecule has 0 saturated carbocycles. The normalized spacial score (nSPS) is 17.9. The van der Waals surface area contributed by atoms with E-state index < -0.39 is 36.9 Å². The van der Waals surface area contributed by atoms with Crippen molar-refractivity contribution in [3.8, 4) is 0 Å². The number of nitrogens with one attached hydrogen (secondary N) is 1. The van der Waals surface area contributed by atoms with Crippen LogP contribution in [-0.4, -0.2) is 48.3 Å². The Kier molecular flexibility index (Phi) is 6.01. The van der Waals surface area contributed by atoms with Crippen LogP contribution in [0.4, 0.5) is 8.78 Å². The van der Waals surface area contributed by atoms with E-state index in [4.69, 9.17) is 28.9 Å². The van der Waals surface area contributed by atoms with Gasteiger partial charge in [0.1, 0.15) is 6.04 Å². The van der Waals surface area contributed by atoms with Crippen molar-refractivity contribution < 1.29 is 18.4 Å². The SMILES string of the molecule is NCC(F)(F)CNC(=O)C1CCCN1C(=O)c1cc(Cl)cc(Cl)c1. The van der Waals surface area contributed by atoms with E-state index in [0.29, 0.717) is 29.4 Å². The van der Waals surface area contributed by atoms with E-state index in [1.807, 2.05) is 0 Å². The minimum Gasteiger partial charge on any atom is -0.348 e. The number of carbonyl (C=O) groups excluding carboxylic acids is 2. The average molecular weight is 380 g/mol. The number of amides is 2. The number of nitrogens with zero attached hydrogens (tertiary/aromatic N) is 1. The maximum absolute atomic E-state index is 13.2. The number of hydrogen-bond acceptors (Lipinski definition) is 3. The van der Waals surface area contributed by atoms with Gasteiger partial charge in [-0.05, 0) is 31.0 Å². The molecule has 2 amide bonds. The summed E-state index contributed by atoms with van der Waals surface area (Å²) in [5.41, 5.74) is 5.18. The lowest BCUT2D eigenvalue weighted by Crippen LogP contribution is -2.49. The molecule has 1 fully saturated rings. The van der Waals surface area contributed by atoms with Crippen molar-refractivity contribution in [1.82, 2.24) is 10.2 Å². The molecular formula is C15H17Cl2F2N3O2. The van der Waals surface area contributed by atoms with Gasteiger partial charge in [-0.25, -0.2) is 8.78 Å². The third-order valence-electron chi connectivity index (χ3n) is 3.75. The largest absolute Gasteiger partial charge is 0.348 e. The molecule has 1 aromatic carbocycles. The monoisotopic (exact) mass is 379 g/mol. The number of rotatable bonds is 5. The van der Waals surface area contributed by atoms with Crippen LogP contribution in [-0.2, 0) is 4.79 Å². The summed E-state index contributed by atoms with van der Waals surface area (Å²) in [6, 6.07) is 3.59. The molecule has 1 aromatic rings. The maximum Gasteiger partial charge on any atom is 0.277 e. The molecule has 1 aliphatic heterocycles. The Balaban J connectivity index is 2.09. The first kappa shape index (κ1) is 18.9. The summed E-state index contributed by atoms with van der Waals surface area (Å²) in [4.78, 5) is 26.1. The molecule has 0 spiro atoms. The molecule has 24 heavy (non-hydrogen) atoms. The Labute approximate surface area is 148 Å². The summed E-state index contributed by atoms with van der Waals surface area (Å²) in [7, 11) is 0. The molecule has 0 aromatic heterocycles. The smallest absolute Gasteiger partial charge is 0.277 e. The van der Waals surface area contributed by atoms with E-state index in [9.17, 15) is 18.4 Å². The van der Waals surface area contributed by atoms with Crippen LogP contribution in [0.15, 0.2) is 18.2 Å². The molecule has 9 heteroatoms. The van der Waals surface area contributed by atoms with Crippen LogP contribution >= 0.6 is 23.2 Å². The highest BCUT2D eigenvalue weighted by Crippen LogP contribution is 2.24. The zero-order chi connectivity index (χ0) is 17.9. The first-order valence-electron chi connectivity index (χ1n) is 7.36. The second-order valence-corrected chi connectivity index (χ2v) is 6.47. The quantitative estimate of drug-likeness (QED) is 0.823. The molecule has 1 heterocycles. The fourth-order valence-corrected chi connectivity index (χ4v) is 3.06. The first-order valence-corrected chi connectivity index (χ1v) is 8.12. The Morgan fingerprint density at radius 1 is 1.29 bits per heavy atom. The predicted octanol–water partition coefficient (Wildman–Crippen LogP) is 2.31. The fraction of sp³-hybridized carbons (Fsp3) is 0.467. The van der Waals surface area contributed by atoms with Crippen LogP contribution in [0.1, 0.15) is 23.2 Å². The number of benzene rings is 1. The standard InChI is InChI=1S/C15H17Cl2F2N3O2/c16-10-4-9(5-11(17)6-10)14(24)22-3-1-2-12(22)13(23)21-8-15(18,19)7-20/h4-6,12H,1-3,7-8,20H2,(H,21,23). The van der Waals surface area contributed by atoms with Gasteiger partial charge in [-0.2, -0.15) is 0 Å². The van der Waals surface area contributed by atoms with Gasteiger partial charge in [0.15, 0.2) is 0 Å². The summed E-state index contributed by atoms with van der Waals surface area (Å²) >= 11 is 11.8. The molecule has 132 valence electrons. The third-order valence-corrected chi connectivity index (χ3v) is 4.18. The van der Waals surface area contributed by atoms with Gasteiger partial charge in [0, 0.05) is 22.2 Å². The van der Waals surface area contributed by atoms with Crippen LogP contribution in [0.25, 0.3) is 0 Å². The molecule has 1 unspecified atom stereocenters. The first-order chi connectivity index (χ1) is 11.2. The summed E-state index contributed by atoms with van der Waals surface area (Å²) in [5.74, 6) is -4.21. The van der Waals surface area contributed by atoms with E-state index in [2.05, 4.69) is 5.32 Å². The number of likely N-dealkylation sites (tertiary alicyclic amines) is 1. The van der Waals surface area contributed by atoms with Crippen LogP contribution in [0.5, 0.6) is 0 Å². The second kappa shape index (κ2) is 7.63. The number of hydrogen-bond donors (Lipinski definition) is 2. The van der Waals surface area contributed by atoms with Crippen molar-refractivity contribution in [2.24, 2.45) is 5.73 Å². The highest BCUT2D eigenvalue weighted by Gasteiger charge is 2.36. The number of alkyl halides is 2. The van der Waals surface area contributed by atoms with Crippen molar-refractivity contribution in [2.75, 3.05) is 19.6 Å². The summed E-state index contributed by atoms with van der Waals surface area (Å²) < 4.78 is 26.3. The Morgan fingerprint density at radius 2 is 1.92 bits per heavy atom. The van der Waals surface area contributed by atoms with Gasteiger partial charge < -0.3 is 16.0 Å². The van der Waals surface area contributed by atoms with Gasteiger partial charge in [0.2, 0.25) is 5.91 Å². The van der Waals surface area contributed by atoms with E-state index >= 15 is 0 Å². The van der Waals surface area contributed by atoms with E-state index in [0.717, 1.165) is 0 Å². The Hall–Kier alpha value is -1.44. The highest BCUT2D eigenvalue weighted by molar-refractivity contribution is 6.35. The number of nitrogens with two attached hydrogens (primary N) is 1. The lowest BCUT2D eigenvalue weighted by Gasteiger charge is -2.25. The zero-order valence-corrected chi connectivity index (χ0v) is 14.2. The molecule has 2 rings (SSSR count). The zero-order valence-electron chi connectivity index (χ0n) is 12.7. The van der Waals surface area contributed by atoms with E-state index in [-0.39, 0.29) is 5.56 Å². The molecule has 1 aliphatic rings. The van der Waals surface area contributed by atoms with Crippen molar-refractivity contribution >= 4 is 35.0 Å². The van der Waals surface area contributed by atoms with Crippen molar-refractivity contribution in [1.29, 1.82) is 0 Å². The summed E-state index contributed by atoms with van der Waals surface area (Å²) in [6.07, 6.45) is 1.01. The summed E-state index contributed by atoms with van der Waals surface area (Å²) in [5, 5.41) is 2.76. The Bertz CT molecular complexity index is 623. The molecular weight excluding hydrogens is 363 g/mol.